The van der Waals surface area contributed by atoms with Crippen LogP contribution in [0.2, 0.25) is 0 Å². The Labute approximate surface area is 113 Å². The van der Waals surface area contributed by atoms with Gasteiger partial charge in [0.15, 0.2) is 0 Å². The molecule has 2 N–H and O–H groups in total. The molecule has 0 aliphatic heterocycles. The van der Waals surface area contributed by atoms with E-state index in [9.17, 15) is 0 Å². The van der Waals surface area contributed by atoms with Crippen LogP contribution in [0.15, 0.2) is 18.2 Å². The molecule has 0 saturated heterocycles. The molecule has 19 heavy (non-hydrogen) atoms. The summed E-state index contributed by atoms with van der Waals surface area (Å²) in [5.74, 6) is 0.488. The zero-order valence-electron chi connectivity index (χ0n) is 11.4. The van der Waals surface area contributed by atoms with Crippen LogP contribution in [0.1, 0.15) is 18.4 Å². The SMILES string of the molecule is CN(C)CCCCn1c(N)nc2c(C#N)cccc21. The molecule has 1 heterocycles. The number of anilines is 1. The first-order valence-corrected chi connectivity index (χ1v) is 6.43. The minimum atomic E-state index is 0.488. The molecular weight excluding hydrogens is 238 g/mol. The minimum Gasteiger partial charge on any atom is -0.369 e. The van der Waals surface area contributed by atoms with Gasteiger partial charge in [-0.25, -0.2) is 4.98 Å². The molecule has 0 bridgehead atoms. The normalized spacial score (nSPS) is 11.1. The van der Waals surface area contributed by atoms with E-state index in [1.165, 1.54) is 0 Å². The third-order valence-electron chi connectivity index (χ3n) is 3.17. The summed E-state index contributed by atoms with van der Waals surface area (Å²) in [5, 5.41) is 9.07. The number of nitrogen functional groups attached to an aromatic ring is 1. The Morgan fingerprint density at radius 3 is 2.84 bits per heavy atom. The van der Waals surface area contributed by atoms with Gasteiger partial charge in [0.05, 0.1) is 11.1 Å². The Balaban J connectivity index is 2.19. The predicted octanol–water partition coefficient (Wildman–Crippen LogP) is 1.83. The number of rotatable bonds is 5. The van der Waals surface area contributed by atoms with Gasteiger partial charge in [0, 0.05) is 6.54 Å². The lowest BCUT2D eigenvalue weighted by Crippen LogP contribution is -2.13. The molecule has 1 aromatic carbocycles. The molecule has 0 amide bonds. The van der Waals surface area contributed by atoms with Crippen molar-refractivity contribution in [2.24, 2.45) is 0 Å². The fourth-order valence-corrected chi connectivity index (χ4v) is 2.19. The van der Waals surface area contributed by atoms with Gasteiger partial charge in [0.1, 0.15) is 11.6 Å². The summed E-state index contributed by atoms with van der Waals surface area (Å²) >= 11 is 0. The topological polar surface area (TPSA) is 70.9 Å². The van der Waals surface area contributed by atoms with Gasteiger partial charge in [-0.2, -0.15) is 5.26 Å². The molecule has 5 nitrogen and oxygen atoms in total. The third-order valence-corrected chi connectivity index (χ3v) is 3.17. The molecular formula is C14H19N5. The van der Waals surface area contributed by atoms with E-state index < -0.39 is 0 Å². The molecule has 0 fully saturated rings. The number of benzene rings is 1. The number of aryl methyl sites for hydroxylation is 1. The van der Waals surface area contributed by atoms with Crippen molar-refractivity contribution in [2.45, 2.75) is 19.4 Å². The first-order valence-electron chi connectivity index (χ1n) is 6.43. The van der Waals surface area contributed by atoms with Gasteiger partial charge in [-0.05, 0) is 45.6 Å². The van der Waals surface area contributed by atoms with Gasteiger partial charge in [0.2, 0.25) is 5.95 Å². The second kappa shape index (κ2) is 5.72. The number of hydrogen-bond donors (Lipinski definition) is 1. The average Bonchev–Trinajstić information content (AvgIpc) is 2.70. The number of para-hydroxylation sites is 1. The van der Waals surface area contributed by atoms with E-state index >= 15 is 0 Å². The van der Waals surface area contributed by atoms with E-state index in [1.807, 2.05) is 16.7 Å². The molecule has 1 aromatic heterocycles. The number of imidazole rings is 1. The van der Waals surface area contributed by atoms with Crippen LogP contribution in [-0.2, 0) is 6.54 Å². The molecule has 0 radical (unpaired) electrons. The van der Waals surface area contributed by atoms with Gasteiger partial charge in [-0.15, -0.1) is 0 Å². The van der Waals surface area contributed by atoms with E-state index in [-0.39, 0.29) is 0 Å². The Bertz CT molecular complexity index is 606. The van der Waals surface area contributed by atoms with Crippen LogP contribution in [-0.4, -0.2) is 35.1 Å². The molecule has 0 aliphatic rings. The maximum absolute atomic E-state index is 9.07. The van der Waals surface area contributed by atoms with Crippen molar-refractivity contribution >= 4 is 17.0 Å². The standard InChI is InChI=1S/C14H19N5/c1-18(2)8-3-4-9-19-12-7-5-6-11(10-15)13(12)17-14(19)16/h5-7H,3-4,8-9H2,1-2H3,(H2,16,17). The zero-order valence-corrected chi connectivity index (χ0v) is 11.4. The molecule has 0 unspecified atom stereocenters. The van der Waals surface area contributed by atoms with Gasteiger partial charge >= 0.3 is 0 Å². The number of nitrogens with zero attached hydrogens (tertiary/aromatic N) is 4. The second-order valence-corrected chi connectivity index (χ2v) is 4.92. The fourth-order valence-electron chi connectivity index (χ4n) is 2.19. The van der Waals surface area contributed by atoms with Crippen LogP contribution in [0.3, 0.4) is 0 Å². The lowest BCUT2D eigenvalue weighted by atomic mass is 10.2. The molecule has 2 aromatic rings. The smallest absolute Gasteiger partial charge is 0.201 e. The van der Waals surface area contributed by atoms with Gasteiger partial charge < -0.3 is 15.2 Å². The van der Waals surface area contributed by atoms with E-state index in [4.69, 9.17) is 11.0 Å². The first-order chi connectivity index (χ1) is 9.13. The summed E-state index contributed by atoms with van der Waals surface area (Å²) in [5.41, 5.74) is 8.18. The third kappa shape index (κ3) is 2.85. The summed E-state index contributed by atoms with van der Waals surface area (Å²) in [4.78, 5) is 6.48. The fraction of sp³-hybridized carbons (Fsp3) is 0.429. The van der Waals surface area contributed by atoms with Crippen molar-refractivity contribution < 1.29 is 0 Å². The van der Waals surface area contributed by atoms with Crippen LogP contribution in [0.5, 0.6) is 0 Å². The Kier molecular flexibility index (Phi) is 4.03. The van der Waals surface area contributed by atoms with Gasteiger partial charge in [-0.1, -0.05) is 6.07 Å². The predicted molar refractivity (Wildman–Crippen MR) is 76.6 cm³/mol. The van der Waals surface area contributed by atoms with E-state index in [0.29, 0.717) is 17.0 Å². The second-order valence-electron chi connectivity index (χ2n) is 4.92. The number of nitrogens with two attached hydrogens (primary N) is 1. The molecule has 5 heteroatoms. The van der Waals surface area contributed by atoms with Crippen LogP contribution in [0.25, 0.3) is 11.0 Å². The summed E-state index contributed by atoms with van der Waals surface area (Å²) in [6.45, 7) is 1.90. The highest BCUT2D eigenvalue weighted by Crippen LogP contribution is 2.21. The van der Waals surface area contributed by atoms with Crippen LogP contribution in [0.4, 0.5) is 5.95 Å². The summed E-state index contributed by atoms with van der Waals surface area (Å²) in [7, 11) is 4.14. The lowest BCUT2D eigenvalue weighted by molar-refractivity contribution is 0.388. The molecule has 0 atom stereocenters. The maximum Gasteiger partial charge on any atom is 0.201 e. The van der Waals surface area contributed by atoms with Crippen LogP contribution < -0.4 is 5.73 Å². The number of fused-ring (bicyclic) bond motifs is 1. The summed E-state index contributed by atoms with van der Waals surface area (Å²) in [6, 6.07) is 7.76. The number of unbranched alkanes of at least 4 members (excludes halogenated alkanes) is 1. The summed E-state index contributed by atoms with van der Waals surface area (Å²) in [6.07, 6.45) is 2.16. The van der Waals surface area contributed by atoms with E-state index in [2.05, 4.69) is 30.0 Å². The van der Waals surface area contributed by atoms with Gasteiger partial charge in [0.25, 0.3) is 0 Å². The Hall–Kier alpha value is -2.06. The van der Waals surface area contributed by atoms with Crippen molar-refractivity contribution in [1.82, 2.24) is 14.5 Å². The van der Waals surface area contributed by atoms with Crippen LogP contribution >= 0.6 is 0 Å². The molecule has 0 aliphatic carbocycles. The van der Waals surface area contributed by atoms with Crippen LogP contribution in [0, 0.1) is 11.3 Å². The molecule has 100 valence electrons. The van der Waals surface area contributed by atoms with Crippen molar-refractivity contribution in [1.29, 1.82) is 5.26 Å². The zero-order chi connectivity index (χ0) is 13.8. The largest absolute Gasteiger partial charge is 0.369 e. The highest BCUT2D eigenvalue weighted by Gasteiger charge is 2.10. The van der Waals surface area contributed by atoms with Crippen molar-refractivity contribution in [3.63, 3.8) is 0 Å². The van der Waals surface area contributed by atoms with Crippen molar-refractivity contribution in [3.05, 3.63) is 23.8 Å². The maximum atomic E-state index is 9.07. The number of aromatic nitrogens is 2. The minimum absolute atomic E-state index is 0.488. The Morgan fingerprint density at radius 2 is 2.16 bits per heavy atom. The van der Waals surface area contributed by atoms with Gasteiger partial charge in [-0.3, -0.25) is 0 Å². The summed E-state index contributed by atoms with van der Waals surface area (Å²) < 4.78 is 1.99. The molecule has 0 spiro atoms. The monoisotopic (exact) mass is 257 g/mol. The van der Waals surface area contributed by atoms with Crippen molar-refractivity contribution in [3.8, 4) is 6.07 Å². The van der Waals surface area contributed by atoms with E-state index in [0.717, 1.165) is 31.4 Å². The van der Waals surface area contributed by atoms with Crippen molar-refractivity contribution in [2.75, 3.05) is 26.4 Å². The quantitative estimate of drug-likeness (QED) is 0.830. The Morgan fingerprint density at radius 1 is 1.37 bits per heavy atom. The molecule has 2 rings (SSSR count). The number of hydrogen-bond acceptors (Lipinski definition) is 4. The number of nitriles is 1. The molecule has 0 saturated carbocycles. The lowest BCUT2D eigenvalue weighted by Gasteiger charge is -2.10. The van der Waals surface area contributed by atoms with E-state index in [1.54, 1.807) is 6.07 Å². The highest BCUT2D eigenvalue weighted by molar-refractivity contribution is 5.83. The first kappa shape index (κ1) is 13.4. The average molecular weight is 257 g/mol. The highest BCUT2D eigenvalue weighted by atomic mass is 15.1.